The molecule has 0 radical (unpaired) electrons. The molecule has 0 amide bonds. The number of rotatable bonds is 6. The van der Waals surface area contributed by atoms with Crippen LogP contribution in [0.15, 0.2) is 5.38 Å². The second-order valence-electron chi connectivity index (χ2n) is 4.56. The maximum atomic E-state index is 5.51. The van der Waals surface area contributed by atoms with Gasteiger partial charge in [-0.2, -0.15) is 0 Å². The molecule has 0 aliphatic carbocycles. The van der Waals surface area contributed by atoms with Crippen molar-refractivity contribution in [2.24, 2.45) is 11.7 Å². The Kier molecular flexibility index (Phi) is 4.91. The van der Waals surface area contributed by atoms with Crippen molar-refractivity contribution in [2.75, 3.05) is 19.8 Å². The topological polar surface area (TPSA) is 60.2 Å². The fourth-order valence-corrected chi connectivity index (χ4v) is 2.86. The summed E-state index contributed by atoms with van der Waals surface area (Å²) in [6, 6.07) is 0.497. The van der Waals surface area contributed by atoms with Crippen molar-refractivity contribution in [1.29, 1.82) is 0 Å². The molecule has 2 rings (SSSR count). The zero-order valence-electron chi connectivity index (χ0n) is 10.3. The van der Waals surface area contributed by atoms with Crippen molar-refractivity contribution < 1.29 is 4.74 Å². The molecule has 1 aliphatic rings. The molecule has 0 saturated carbocycles. The number of nitrogens with zero attached hydrogens (tertiary/aromatic N) is 1. The molecule has 0 aromatic carbocycles. The van der Waals surface area contributed by atoms with Gasteiger partial charge >= 0.3 is 0 Å². The predicted molar refractivity (Wildman–Crippen MR) is 70.1 cm³/mol. The Hall–Kier alpha value is -0.490. The lowest BCUT2D eigenvalue weighted by molar-refractivity contribution is 0.178. The summed E-state index contributed by atoms with van der Waals surface area (Å²) in [5, 5.41) is 6.79. The lowest BCUT2D eigenvalue weighted by Gasteiger charge is -2.18. The van der Waals surface area contributed by atoms with E-state index in [0.29, 0.717) is 18.5 Å². The first-order valence-electron chi connectivity index (χ1n) is 6.24. The maximum absolute atomic E-state index is 5.51. The predicted octanol–water partition coefficient (Wildman–Crippen LogP) is 1.16. The molecule has 3 N–H and O–H groups in total. The largest absolute Gasteiger partial charge is 0.381 e. The summed E-state index contributed by atoms with van der Waals surface area (Å²) in [5.41, 5.74) is 6.64. The van der Waals surface area contributed by atoms with Crippen LogP contribution in [0.5, 0.6) is 0 Å². The highest BCUT2D eigenvalue weighted by Gasteiger charge is 2.21. The lowest BCUT2D eigenvalue weighted by Crippen LogP contribution is -2.33. The van der Waals surface area contributed by atoms with Crippen molar-refractivity contribution in [1.82, 2.24) is 10.3 Å². The van der Waals surface area contributed by atoms with E-state index in [1.54, 1.807) is 11.3 Å². The Bertz CT molecular complexity index is 336. The monoisotopic (exact) mass is 255 g/mol. The van der Waals surface area contributed by atoms with E-state index in [4.69, 9.17) is 10.5 Å². The molecule has 2 unspecified atom stereocenters. The molecule has 1 aromatic heterocycles. The van der Waals surface area contributed by atoms with Crippen LogP contribution >= 0.6 is 11.3 Å². The molecule has 0 spiro atoms. The lowest BCUT2D eigenvalue weighted by atomic mass is 10.0. The van der Waals surface area contributed by atoms with Gasteiger partial charge < -0.3 is 15.8 Å². The second kappa shape index (κ2) is 6.44. The number of thiazole rings is 1. The van der Waals surface area contributed by atoms with Gasteiger partial charge in [-0.3, -0.25) is 0 Å². The first-order valence-corrected chi connectivity index (χ1v) is 7.12. The van der Waals surface area contributed by atoms with Crippen LogP contribution in [0.3, 0.4) is 0 Å². The molecule has 1 saturated heterocycles. The van der Waals surface area contributed by atoms with Gasteiger partial charge in [0.05, 0.1) is 17.3 Å². The standard InChI is InChI=1S/C12H21N3OS/c1-9(10-3-5-16-7-10)14-6-11-8-17-12(15-11)2-4-13/h8-10,14H,2-7,13H2,1H3. The molecule has 2 heterocycles. The van der Waals surface area contributed by atoms with Gasteiger partial charge in [0.2, 0.25) is 0 Å². The summed E-state index contributed by atoms with van der Waals surface area (Å²) in [6.07, 6.45) is 2.06. The van der Waals surface area contributed by atoms with Crippen LogP contribution in [0.1, 0.15) is 24.0 Å². The van der Waals surface area contributed by atoms with Gasteiger partial charge in [0.1, 0.15) is 0 Å². The fourth-order valence-electron chi connectivity index (χ4n) is 2.05. The molecule has 1 fully saturated rings. The van der Waals surface area contributed by atoms with Crippen molar-refractivity contribution in [3.8, 4) is 0 Å². The van der Waals surface area contributed by atoms with Crippen LogP contribution in [-0.2, 0) is 17.7 Å². The highest BCUT2D eigenvalue weighted by molar-refractivity contribution is 7.09. The Balaban J connectivity index is 1.76. The Morgan fingerprint density at radius 3 is 3.29 bits per heavy atom. The second-order valence-corrected chi connectivity index (χ2v) is 5.51. The van der Waals surface area contributed by atoms with Crippen molar-refractivity contribution in [3.05, 3.63) is 16.1 Å². The minimum Gasteiger partial charge on any atom is -0.381 e. The molecule has 0 bridgehead atoms. The Labute approximate surface area is 107 Å². The SMILES string of the molecule is CC(NCc1csc(CCN)n1)C1CCOC1. The Morgan fingerprint density at radius 2 is 2.59 bits per heavy atom. The number of hydrogen-bond donors (Lipinski definition) is 2. The number of nitrogens with one attached hydrogen (secondary N) is 1. The molecular weight excluding hydrogens is 234 g/mol. The third-order valence-electron chi connectivity index (χ3n) is 3.23. The summed E-state index contributed by atoms with van der Waals surface area (Å²) in [6.45, 7) is 5.55. The van der Waals surface area contributed by atoms with Crippen molar-refractivity contribution >= 4 is 11.3 Å². The van der Waals surface area contributed by atoms with E-state index in [0.717, 1.165) is 36.9 Å². The quantitative estimate of drug-likeness (QED) is 0.801. The van der Waals surface area contributed by atoms with Crippen LogP contribution < -0.4 is 11.1 Å². The minimum absolute atomic E-state index is 0.497. The van der Waals surface area contributed by atoms with E-state index in [2.05, 4.69) is 22.6 Å². The number of ether oxygens (including phenoxy) is 1. The third-order valence-corrected chi connectivity index (χ3v) is 4.19. The van der Waals surface area contributed by atoms with Gasteiger partial charge in [-0.15, -0.1) is 11.3 Å². The molecule has 17 heavy (non-hydrogen) atoms. The van der Waals surface area contributed by atoms with Crippen LogP contribution in [0.25, 0.3) is 0 Å². The first kappa shape index (κ1) is 13.0. The van der Waals surface area contributed by atoms with Gasteiger partial charge in [0.15, 0.2) is 0 Å². The Morgan fingerprint density at radius 1 is 1.71 bits per heavy atom. The van der Waals surface area contributed by atoms with Crippen LogP contribution in [-0.4, -0.2) is 30.8 Å². The average Bonchev–Trinajstić information content (AvgIpc) is 2.97. The maximum Gasteiger partial charge on any atom is 0.0941 e. The molecular formula is C12H21N3OS. The van der Waals surface area contributed by atoms with Crippen LogP contribution in [0.4, 0.5) is 0 Å². The minimum atomic E-state index is 0.497. The van der Waals surface area contributed by atoms with E-state index in [1.807, 2.05) is 0 Å². The highest BCUT2D eigenvalue weighted by atomic mass is 32.1. The summed E-state index contributed by atoms with van der Waals surface area (Å²) < 4.78 is 5.40. The van der Waals surface area contributed by atoms with Crippen molar-refractivity contribution in [3.63, 3.8) is 0 Å². The highest BCUT2D eigenvalue weighted by Crippen LogP contribution is 2.17. The van der Waals surface area contributed by atoms with E-state index in [9.17, 15) is 0 Å². The van der Waals surface area contributed by atoms with Gasteiger partial charge in [-0.25, -0.2) is 4.98 Å². The number of hydrogen-bond acceptors (Lipinski definition) is 5. The van der Waals surface area contributed by atoms with E-state index >= 15 is 0 Å². The van der Waals surface area contributed by atoms with Crippen LogP contribution in [0.2, 0.25) is 0 Å². The molecule has 4 nitrogen and oxygen atoms in total. The summed E-state index contributed by atoms with van der Waals surface area (Å²) >= 11 is 1.70. The van der Waals surface area contributed by atoms with Gasteiger partial charge in [-0.05, 0) is 25.8 Å². The summed E-state index contributed by atoms with van der Waals surface area (Å²) in [5.74, 6) is 0.650. The normalized spacial score (nSPS) is 21.9. The smallest absolute Gasteiger partial charge is 0.0941 e. The summed E-state index contributed by atoms with van der Waals surface area (Å²) in [7, 11) is 0. The van der Waals surface area contributed by atoms with E-state index in [-0.39, 0.29) is 0 Å². The number of aromatic nitrogens is 1. The fraction of sp³-hybridized carbons (Fsp3) is 0.750. The van der Waals surface area contributed by atoms with Crippen molar-refractivity contribution in [2.45, 2.75) is 32.4 Å². The van der Waals surface area contributed by atoms with E-state index < -0.39 is 0 Å². The molecule has 96 valence electrons. The molecule has 1 aromatic rings. The molecule has 5 heteroatoms. The summed E-state index contributed by atoms with van der Waals surface area (Å²) in [4.78, 5) is 4.54. The van der Waals surface area contributed by atoms with Crippen LogP contribution in [0, 0.1) is 5.92 Å². The molecule has 2 atom stereocenters. The van der Waals surface area contributed by atoms with Gasteiger partial charge in [0.25, 0.3) is 0 Å². The third kappa shape index (κ3) is 3.74. The van der Waals surface area contributed by atoms with Gasteiger partial charge in [0, 0.05) is 31.0 Å². The van der Waals surface area contributed by atoms with Gasteiger partial charge in [-0.1, -0.05) is 0 Å². The number of nitrogens with two attached hydrogens (primary N) is 1. The zero-order valence-corrected chi connectivity index (χ0v) is 11.1. The first-order chi connectivity index (χ1) is 8.29. The molecule has 1 aliphatic heterocycles. The zero-order chi connectivity index (χ0) is 12.1. The average molecular weight is 255 g/mol. The van der Waals surface area contributed by atoms with E-state index in [1.165, 1.54) is 6.42 Å².